The van der Waals surface area contributed by atoms with Crippen molar-refractivity contribution in [2.24, 2.45) is 0 Å². The summed E-state index contributed by atoms with van der Waals surface area (Å²) >= 11 is 0. The molecule has 0 aliphatic carbocycles. The van der Waals surface area contributed by atoms with Crippen molar-refractivity contribution < 1.29 is 31.1 Å². The number of hydrogen-bond acceptors (Lipinski definition) is 5. The van der Waals surface area contributed by atoms with Crippen LogP contribution in [0.4, 0.5) is 13.2 Å². The fourth-order valence-electron chi connectivity index (χ4n) is 2.81. The van der Waals surface area contributed by atoms with Crippen LogP contribution in [0.5, 0.6) is 5.75 Å². The van der Waals surface area contributed by atoms with Crippen molar-refractivity contribution in [2.75, 3.05) is 19.3 Å². The Kier molecular flexibility index (Phi) is 7.32. The number of alkyl halides is 3. The van der Waals surface area contributed by atoms with Gasteiger partial charge in [0.05, 0.1) is 0 Å². The lowest BCUT2D eigenvalue weighted by Gasteiger charge is -2.34. The van der Waals surface area contributed by atoms with Gasteiger partial charge in [0.2, 0.25) is 5.91 Å². The van der Waals surface area contributed by atoms with Crippen LogP contribution in [0, 0.1) is 0 Å². The van der Waals surface area contributed by atoms with E-state index in [2.05, 4.69) is 15.4 Å². The number of hydrogen-bond donors (Lipinski definition) is 2. The molecule has 0 bridgehead atoms. The Morgan fingerprint density at radius 1 is 1.27 bits per heavy atom. The van der Waals surface area contributed by atoms with Crippen molar-refractivity contribution >= 4 is 28.2 Å². The Balaban J connectivity index is 0.00000338. The summed E-state index contributed by atoms with van der Waals surface area (Å²) in [5.41, 5.74) is 0.103. The first kappa shape index (κ1) is 22.5. The third kappa shape index (κ3) is 5.24. The predicted octanol–water partition coefficient (Wildman–Crippen LogP) is 1.79. The molecule has 2 rings (SSSR count). The number of carbonyl (C=O) groups excluding carboxylic acids is 1. The first-order valence-electron chi connectivity index (χ1n) is 7.57. The van der Waals surface area contributed by atoms with Crippen LogP contribution in [0.1, 0.15) is 18.4 Å². The van der Waals surface area contributed by atoms with Gasteiger partial charge in [0, 0.05) is 18.4 Å². The summed E-state index contributed by atoms with van der Waals surface area (Å²) < 4.78 is 64.0. The molecule has 11 heteroatoms. The molecular weight excluding hydrogens is 397 g/mol. The molecule has 1 amide bonds. The minimum atomic E-state index is -4.86. The lowest BCUT2D eigenvalue weighted by atomic mass is 9.95. The fourth-order valence-corrected chi connectivity index (χ4v) is 4.16. The summed E-state index contributed by atoms with van der Waals surface area (Å²) in [5.74, 6) is -1.15. The van der Waals surface area contributed by atoms with E-state index in [1.807, 2.05) is 0 Å². The van der Waals surface area contributed by atoms with Gasteiger partial charge in [0.1, 0.15) is 5.75 Å². The van der Waals surface area contributed by atoms with Crippen LogP contribution in [-0.2, 0) is 21.2 Å². The number of ether oxygens (including phenoxy) is 1. The van der Waals surface area contributed by atoms with Gasteiger partial charge in [0.25, 0.3) is 0 Å². The number of sulfone groups is 1. The zero-order valence-corrected chi connectivity index (χ0v) is 15.6. The van der Waals surface area contributed by atoms with Crippen LogP contribution in [0.25, 0.3) is 0 Å². The zero-order chi connectivity index (χ0) is 18.7. The summed E-state index contributed by atoms with van der Waals surface area (Å²) in [6.07, 6.45) is -3.64. The number of para-hydroxylation sites is 1. The highest BCUT2D eigenvalue weighted by atomic mass is 35.5. The van der Waals surface area contributed by atoms with Crippen molar-refractivity contribution in [1.29, 1.82) is 0 Å². The topological polar surface area (TPSA) is 84.5 Å². The van der Waals surface area contributed by atoms with Gasteiger partial charge in [-0.05, 0) is 32.0 Å². The number of rotatable bonds is 5. The van der Waals surface area contributed by atoms with Crippen LogP contribution in [-0.4, -0.2) is 44.8 Å². The fraction of sp³-hybridized carbons (Fsp3) is 0.533. The highest BCUT2D eigenvalue weighted by molar-refractivity contribution is 7.92. The Hall–Kier alpha value is -1.52. The quantitative estimate of drug-likeness (QED) is 0.764. The first-order chi connectivity index (χ1) is 11.6. The third-order valence-electron chi connectivity index (χ3n) is 4.17. The monoisotopic (exact) mass is 416 g/mol. The molecule has 0 radical (unpaired) electrons. The van der Waals surface area contributed by atoms with Gasteiger partial charge in [-0.25, -0.2) is 8.42 Å². The van der Waals surface area contributed by atoms with Crippen molar-refractivity contribution in [3.63, 3.8) is 0 Å². The van der Waals surface area contributed by atoms with E-state index < -0.39 is 32.6 Å². The maximum absolute atomic E-state index is 12.6. The number of benzene rings is 1. The molecule has 0 saturated carbocycles. The highest BCUT2D eigenvalue weighted by Crippen LogP contribution is 2.29. The van der Waals surface area contributed by atoms with Gasteiger partial charge >= 0.3 is 6.36 Å². The van der Waals surface area contributed by atoms with Gasteiger partial charge < -0.3 is 15.4 Å². The lowest BCUT2D eigenvalue weighted by molar-refractivity contribution is -0.274. The standard InChI is InChI=1S/C15H19F3N2O4S.ClH/c1-25(22,23)14(6-8-19-9-7-14)13(21)20-10-11-4-2-3-5-12(11)24-15(16,17)18;/h2-5,19H,6-10H2,1H3,(H,20,21);1H. The van der Waals surface area contributed by atoms with E-state index in [0.717, 1.165) is 12.3 Å². The molecule has 1 aromatic rings. The second-order valence-corrected chi connectivity index (χ2v) is 8.18. The molecule has 148 valence electrons. The van der Waals surface area contributed by atoms with Gasteiger partial charge in [-0.15, -0.1) is 25.6 Å². The molecular formula is C15H20ClF3N2O4S. The molecule has 1 fully saturated rings. The largest absolute Gasteiger partial charge is 0.573 e. The van der Waals surface area contributed by atoms with Crippen LogP contribution >= 0.6 is 12.4 Å². The second kappa shape index (κ2) is 8.45. The average Bonchev–Trinajstić information content (AvgIpc) is 2.52. The zero-order valence-electron chi connectivity index (χ0n) is 13.9. The lowest BCUT2D eigenvalue weighted by Crippen LogP contribution is -2.57. The van der Waals surface area contributed by atoms with Gasteiger partial charge in [-0.2, -0.15) is 0 Å². The number of amides is 1. The summed E-state index contributed by atoms with van der Waals surface area (Å²) in [6, 6.07) is 5.38. The second-order valence-electron chi connectivity index (χ2n) is 5.85. The average molecular weight is 417 g/mol. The Morgan fingerprint density at radius 2 is 1.85 bits per heavy atom. The Morgan fingerprint density at radius 3 is 2.38 bits per heavy atom. The maximum Gasteiger partial charge on any atom is 0.573 e. The molecule has 6 nitrogen and oxygen atoms in total. The van der Waals surface area contributed by atoms with Crippen molar-refractivity contribution in [2.45, 2.75) is 30.5 Å². The molecule has 0 aromatic heterocycles. The minimum Gasteiger partial charge on any atom is -0.405 e. The van der Waals surface area contributed by atoms with E-state index in [1.54, 1.807) is 0 Å². The smallest absolute Gasteiger partial charge is 0.405 e. The molecule has 0 unspecified atom stereocenters. The molecule has 2 N–H and O–H groups in total. The number of piperidine rings is 1. The minimum absolute atomic E-state index is 0. The van der Waals surface area contributed by atoms with E-state index >= 15 is 0 Å². The molecule has 1 saturated heterocycles. The molecule has 1 aromatic carbocycles. The summed E-state index contributed by atoms with van der Waals surface area (Å²) in [6.45, 7) is 0.471. The van der Waals surface area contributed by atoms with E-state index in [0.29, 0.717) is 13.1 Å². The first-order valence-corrected chi connectivity index (χ1v) is 9.47. The summed E-state index contributed by atoms with van der Waals surface area (Å²) in [5, 5.41) is 5.43. The summed E-state index contributed by atoms with van der Waals surface area (Å²) in [4.78, 5) is 12.6. The highest BCUT2D eigenvalue weighted by Gasteiger charge is 2.48. The molecule has 0 spiro atoms. The Labute approximate surface area is 155 Å². The maximum atomic E-state index is 12.6. The SMILES string of the molecule is CS(=O)(=O)C1(C(=O)NCc2ccccc2OC(F)(F)F)CCNCC1.Cl. The van der Waals surface area contributed by atoms with Crippen LogP contribution in [0.15, 0.2) is 24.3 Å². The third-order valence-corrected chi connectivity index (χ3v) is 6.19. The van der Waals surface area contributed by atoms with Crippen molar-refractivity contribution in [1.82, 2.24) is 10.6 Å². The molecule has 26 heavy (non-hydrogen) atoms. The molecule has 1 aliphatic rings. The van der Waals surface area contributed by atoms with Crippen molar-refractivity contribution in [3.05, 3.63) is 29.8 Å². The van der Waals surface area contributed by atoms with Gasteiger partial charge in [-0.3, -0.25) is 4.79 Å². The number of nitrogens with one attached hydrogen (secondary N) is 2. The number of halogens is 4. The molecule has 0 atom stereocenters. The van der Waals surface area contributed by atoms with Gasteiger partial charge in [0.15, 0.2) is 14.6 Å². The molecule has 1 heterocycles. The predicted molar refractivity (Wildman–Crippen MR) is 91.9 cm³/mol. The van der Waals surface area contributed by atoms with E-state index in [1.165, 1.54) is 18.2 Å². The van der Waals surface area contributed by atoms with Crippen LogP contribution < -0.4 is 15.4 Å². The van der Waals surface area contributed by atoms with E-state index in [9.17, 15) is 26.4 Å². The number of carbonyl (C=O) groups is 1. The Bertz CT molecular complexity index is 735. The van der Waals surface area contributed by atoms with Gasteiger partial charge in [-0.1, -0.05) is 18.2 Å². The normalized spacial score (nSPS) is 17.1. The molecule has 1 aliphatic heterocycles. The summed E-state index contributed by atoms with van der Waals surface area (Å²) in [7, 11) is -3.69. The van der Waals surface area contributed by atoms with E-state index in [4.69, 9.17) is 0 Å². The van der Waals surface area contributed by atoms with Crippen LogP contribution in [0.2, 0.25) is 0 Å². The van der Waals surface area contributed by atoms with E-state index in [-0.39, 0.29) is 37.4 Å². The van der Waals surface area contributed by atoms with Crippen LogP contribution in [0.3, 0.4) is 0 Å². The van der Waals surface area contributed by atoms with Crippen molar-refractivity contribution in [3.8, 4) is 5.75 Å².